The number of carboxylic acid groups (broad SMARTS) is 1. The fourth-order valence-corrected chi connectivity index (χ4v) is 4.04. The lowest BCUT2D eigenvalue weighted by atomic mass is 9.79. The van der Waals surface area contributed by atoms with Crippen molar-refractivity contribution in [2.45, 2.75) is 106 Å². The summed E-state index contributed by atoms with van der Waals surface area (Å²) in [5, 5.41) is 9.77. The van der Waals surface area contributed by atoms with E-state index in [1.54, 1.807) is 19.9 Å². The molecule has 1 aromatic rings. The molecular weight excluding hydrogens is 502 g/mol. The second kappa shape index (κ2) is 16.2. The van der Waals surface area contributed by atoms with Crippen molar-refractivity contribution in [2.75, 3.05) is 0 Å². The number of aliphatic carboxylic acids is 1. The van der Waals surface area contributed by atoms with E-state index in [0.29, 0.717) is 24.3 Å². The summed E-state index contributed by atoms with van der Waals surface area (Å²) in [7, 11) is 0. The van der Waals surface area contributed by atoms with Crippen LogP contribution in [0.1, 0.15) is 99.0 Å². The van der Waals surface area contributed by atoms with E-state index in [4.69, 9.17) is 19.9 Å². The maximum atomic E-state index is 12.6. The van der Waals surface area contributed by atoms with Gasteiger partial charge in [0.2, 0.25) is 0 Å². The summed E-state index contributed by atoms with van der Waals surface area (Å²) in [6, 6.07) is 3.24. The van der Waals surface area contributed by atoms with Gasteiger partial charge in [-0.2, -0.15) is 0 Å². The first kappa shape index (κ1) is 34.1. The van der Waals surface area contributed by atoms with E-state index >= 15 is 0 Å². The molecule has 1 aromatic carbocycles. The van der Waals surface area contributed by atoms with Gasteiger partial charge in [0.05, 0.1) is 0 Å². The first-order valence-electron chi connectivity index (χ1n) is 13.8. The lowest BCUT2D eigenvalue weighted by Gasteiger charge is -2.32. The molecule has 0 saturated heterocycles. The molecule has 0 bridgehead atoms. The number of esters is 3. The largest absolute Gasteiger partial charge is 0.480 e. The van der Waals surface area contributed by atoms with Gasteiger partial charge in [0, 0.05) is 31.1 Å². The van der Waals surface area contributed by atoms with E-state index in [-0.39, 0.29) is 48.6 Å². The van der Waals surface area contributed by atoms with E-state index in [0.717, 1.165) is 0 Å². The Morgan fingerprint density at radius 1 is 0.769 bits per heavy atom. The van der Waals surface area contributed by atoms with Gasteiger partial charge in [0.25, 0.3) is 0 Å². The maximum Gasteiger partial charge on any atom is 0.321 e. The van der Waals surface area contributed by atoms with Gasteiger partial charge in [0.1, 0.15) is 12.1 Å². The van der Waals surface area contributed by atoms with Crippen molar-refractivity contribution < 1.29 is 38.5 Å². The highest BCUT2D eigenvalue weighted by molar-refractivity contribution is 5.77. The Morgan fingerprint density at radius 2 is 1.28 bits per heavy atom. The average molecular weight is 550 g/mol. The van der Waals surface area contributed by atoms with Crippen LogP contribution in [0.25, 0.3) is 0 Å². The number of carboxylic acids is 1. The third-order valence-corrected chi connectivity index (χ3v) is 6.52. The highest BCUT2D eigenvalue weighted by atomic mass is 16.6. The van der Waals surface area contributed by atoms with Gasteiger partial charge in [-0.15, -0.1) is 0 Å². The van der Waals surface area contributed by atoms with Gasteiger partial charge in [0.15, 0.2) is 11.5 Å². The SMILES string of the molecule is CC(C)CCC(=O)Oc1ccc(C(C(C)C(C)OC(=O)CC(C)C)[C@H](N)C(=O)O)cc1OC(=O)CCC(C)C. The van der Waals surface area contributed by atoms with Gasteiger partial charge < -0.3 is 25.1 Å². The van der Waals surface area contributed by atoms with Gasteiger partial charge >= 0.3 is 23.9 Å². The van der Waals surface area contributed by atoms with Crippen molar-refractivity contribution in [1.82, 2.24) is 0 Å². The van der Waals surface area contributed by atoms with Crippen LogP contribution in [0.5, 0.6) is 11.5 Å². The number of hydrogen-bond donors (Lipinski definition) is 2. The van der Waals surface area contributed by atoms with Crippen molar-refractivity contribution in [2.24, 2.45) is 29.4 Å². The molecule has 0 amide bonds. The molecule has 1 rings (SSSR count). The van der Waals surface area contributed by atoms with E-state index < -0.39 is 41.9 Å². The van der Waals surface area contributed by atoms with Crippen LogP contribution >= 0.6 is 0 Å². The molecule has 39 heavy (non-hydrogen) atoms. The van der Waals surface area contributed by atoms with Crippen LogP contribution in [-0.4, -0.2) is 41.1 Å². The molecule has 0 heterocycles. The lowest BCUT2D eigenvalue weighted by molar-refractivity contribution is -0.152. The molecular formula is C30H47NO8. The molecule has 9 heteroatoms. The second-order valence-electron chi connectivity index (χ2n) is 11.6. The summed E-state index contributed by atoms with van der Waals surface area (Å²) in [5.41, 5.74) is 6.59. The number of ether oxygens (including phenoxy) is 3. The summed E-state index contributed by atoms with van der Waals surface area (Å²) in [6.07, 6.45) is 1.21. The predicted octanol–water partition coefficient (Wildman–Crippen LogP) is 5.48. The van der Waals surface area contributed by atoms with Gasteiger partial charge in [-0.3, -0.25) is 19.2 Å². The lowest BCUT2D eigenvalue weighted by Crippen LogP contribution is -2.42. The molecule has 0 aliphatic rings. The second-order valence-corrected chi connectivity index (χ2v) is 11.6. The van der Waals surface area contributed by atoms with E-state index in [1.165, 1.54) is 12.1 Å². The average Bonchev–Trinajstić information content (AvgIpc) is 2.82. The summed E-state index contributed by atoms with van der Waals surface area (Å²) < 4.78 is 16.7. The summed E-state index contributed by atoms with van der Waals surface area (Å²) in [5.74, 6) is -3.09. The summed E-state index contributed by atoms with van der Waals surface area (Å²) >= 11 is 0. The minimum absolute atomic E-state index is 0.0124. The zero-order chi connectivity index (χ0) is 29.9. The number of carbonyl (C=O) groups is 4. The number of hydrogen-bond acceptors (Lipinski definition) is 8. The molecule has 0 spiro atoms. The van der Waals surface area contributed by atoms with Crippen LogP contribution < -0.4 is 15.2 Å². The minimum atomic E-state index is -1.34. The normalized spacial score (nSPS) is 14.6. The van der Waals surface area contributed by atoms with Crippen LogP contribution in [0.2, 0.25) is 0 Å². The van der Waals surface area contributed by atoms with Gasteiger partial charge in [-0.25, -0.2) is 0 Å². The Labute approximate surface area is 232 Å². The number of carbonyl (C=O) groups excluding carboxylic acids is 3. The number of rotatable bonds is 16. The Bertz CT molecular complexity index is 972. The molecule has 220 valence electrons. The topological polar surface area (TPSA) is 142 Å². The first-order chi connectivity index (χ1) is 18.1. The van der Waals surface area contributed by atoms with Crippen LogP contribution in [0, 0.1) is 23.7 Å². The number of nitrogens with two attached hydrogens (primary N) is 1. The Balaban J connectivity index is 3.40. The van der Waals surface area contributed by atoms with E-state index in [9.17, 15) is 24.3 Å². The minimum Gasteiger partial charge on any atom is -0.480 e. The summed E-state index contributed by atoms with van der Waals surface area (Å²) in [6.45, 7) is 15.2. The highest BCUT2D eigenvalue weighted by Crippen LogP contribution is 2.37. The molecule has 0 aliphatic carbocycles. The molecule has 3 unspecified atom stereocenters. The van der Waals surface area contributed by atoms with Crippen LogP contribution in [0.15, 0.2) is 18.2 Å². The van der Waals surface area contributed by atoms with Crippen molar-refractivity contribution in [3.05, 3.63) is 23.8 Å². The van der Waals surface area contributed by atoms with Crippen molar-refractivity contribution in [1.29, 1.82) is 0 Å². The molecule has 0 radical (unpaired) electrons. The molecule has 0 aromatic heterocycles. The smallest absolute Gasteiger partial charge is 0.321 e. The summed E-state index contributed by atoms with van der Waals surface area (Å²) in [4.78, 5) is 49.3. The highest BCUT2D eigenvalue weighted by Gasteiger charge is 2.36. The monoisotopic (exact) mass is 549 g/mol. The Kier molecular flexibility index (Phi) is 14.2. The van der Waals surface area contributed by atoms with Crippen LogP contribution in [0.3, 0.4) is 0 Å². The van der Waals surface area contributed by atoms with Crippen molar-refractivity contribution in [3.8, 4) is 11.5 Å². The Hall–Kier alpha value is -2.94. The molecule has 9 nitrogen and oxygen atoms in total. The third-order valence-electron chi connectivity index (χ3n) is 6.52. The van der Waals surface area contributed by atoms with Crippen LogP contribution in [0.4, 0.5) is 0 Å². The van der Waals surface area contributed by atoms with E-state index in [2.05, 4.69) is 0 Å². The zero-order valence-corrected chi connectivity index (χ0v) is 24.7. The van der Waals surface area contributed by atoms with Gasteiger partial charge in [-0.05, 0) is 55.2 Å². The van der Waals surface area contributed by atoms with Crippen LogP contribution in [-0.2, 0) is 23.9 Å². The quantitative estimate of drug-likeness (QED) is 0.202. The maximum absolute atomic E-state index is 12.6. The molecule has 0 fully saturated rings. The fourth-order valence-electron chi connectivity index (χ4n) is 4.04. The van der Waals surface area contributed by atoms with Crippen molar-refractivity contribution >= 4 is 23.9 Å². The zero-order valence-electron chi connectivity index (χ0n) is 24.7. The van der Waals surface area contributed by atoms with E-state index in [1.807, 2.05) is 41.5 Å². The molecule has 4 atom stereocenters. The van der Waals surface area contributed by atoms with Gasteiger partial charge in [-0.1, -0.05) is 54.5 Å². The molecule has 0 saturated carbocycles. The third kappa shape index (κ3) is 12.2. The fraction of sp³-hybridized carbons (Fsp3) is 0.667. The number of benzene rings is 1. The van der Waals surface area contributed by atoms with Crippen molar-refractivity contribution in [3.63, 3.8) is 0 Å². The standard InChI is InChI=1S/C30H47NO8/c1-17(2)9-13-25(32)38-23-12-11-22(16-24(23)39-26(33)14-10-18(3)4)28(29(31)30(35)36)20(7)21(8)37-27(34)15-19(5)6/h11-12,16-21,28-29H,9-10,13-15,31H2,1-8H3,(H,35,36)/t20?,21?,28?,29-/m0/s1. The molecule has 0 aliphatic heterocycles. The predicted molar refractivity (Wildman–Crippen MR) is 148 cm³/mol. The first-order valence-corrected chi connectivity index (χ1v) is 13.8. The molecule has 3 N–H and O–H groups in total. The Morgan fingerprint density at radius 3 is 1.74 bits per heavy atom.